The Morgan fingerprint density at radius 3 is 2.14 bits per heavy atom. The molecule has 5 heteroatoms. The van der Waals surface area contributed by atoms with E-state index < -0.39 is 0 Å². The van der Waals surface area contributed by atoms with Gasteiger partial charge in [-0.15, -0.1) is 0 Å². The number of likely N-dealkylation sites (tertiary alicyclic amines) is 1. The molecular formula is C23H27N3O2. The molecule has 2 fully saturated rings. The summed E-state index contributed by atoms with van der Waals surface area (Å²) in [7, 11) is 0. The number of carbonyl (C=O) groups is 2. The number of amides is 3. The Hall–Kier alpha value is -2.82. The van der Waals surface area contributed by atoms with Crippen LogP contribution in [-0.2, 0) is 10.2 Å². The Bertz CT molecular complexity index is 810. The van der Waals surface area contributed by atoms with Crippen LogP contribution in [0.1, 0.15) is 31.2 Å². The fourth-order valence-corrected chi connectivity index (χ4v) is 3.98. The van der Waals surface area contributed by atoms with Gasteiger partial charge in [0.05, 0.1) is 0 Å². The van der Waals surface area contributed by atoms with E-state index in [2.05, 4.69) is 34.9 Å². The molecule has 0 radical (unpaired) electrons. The van der Waals surface area contributed by atoms with E-state index in [1.165, 1.54) is 5.56 Å². The summed E-state index contributed by atoms with van der Waals surface area (Å²) >= 11 is 0. The van der Waals surface area contributed by atoms with E-state index in [-0.39, 0.29) is 23.3 Å². The molecule has 1 aliphatic heterocycles. The van der Waals surface area contributed by atoms with Crippen molar-refractivity contribution >= 4 is 17.6 Å². The average molecular weight is 377 g/mol. The highest BCUT2D eigenvalue weighted by Gasteiger charge is 2.44. The third kappa shape index (κ3) is 4.19. The van der Waals surface area contributed by atoms with Gasteiger partial charge in [0.15, 0.2) is 0 Å². The standard InChI is InChI=1S/C23H27N3O2/c27-21(24-17-23(13-14-23)19-7-3-1-4-8-19)18-11-15-26(16-12-18)22(28)25-20-9-5-2-6-10-20/h1-10,18H,11-17H2,(H,24,27)(H,25,28). The Kier molecular flexibility index (Phi) is 5.33. The Morgan fingerprint density at radius 1 is 0.929 bits per heavy atom. The van der Waals surface area contributed by atoms with Gasteiger partial charge in [0.25, 0.3) is 0 Å². The molecule has 2 aromatic carbocycles. The summed E-state index contributed by atoms with van der Waals surface area (Å²) < 4.78 is 0. The van der Waals surface area contributed by atoms with Gasteiger partial charge in [0, 0.05) is 36.7 Å². The highest BCUT2D eigenvalue weighted by Crippen LogP contribution is 2.47. The number of nitrogens with zero attached hydrogens (tertiary/aromatic N) is 1. The molecule has 2 aromatic rings. The smallest absolute Gasteiger partial charge is 0.321 e. The van der Waals surface area contributed by atoms with Gasteiger partial charge in [-0.3, -0.25) is 4.79 Å². The van der Waals surface area contributed by atoms with Crippen LogP contribution in [0.25, 0.3) is 0 Å². The van der Waals surface area contributed by atoms with Gasteiger partial charge in [0.1, 0.15) is 0 Å². The number of benzene rings is 2. The highest BCUT2D eigenvalue weighted by atomic mass is 16.2. The first kappa shape index (κ1) is 18.5. The van der Waals surface area contributed by atoms with E-state index in [4.69, 9.17) is 0 Å². The molecule has 5 nitrogen and oxygen atoms in total. The van der Waals surface area contributed by atoms with E-state index >= 15 is 0 Å². The molecule has 1 heterocycles. The molecule has 1 aliphatic carbocycles. The van der Waals surface area contributed by atoms with Crippen LogP contribution in [0.15, 0.2) is 60.7 Å². The highest BCUT2D eigenvalue weighted by molar-refractivity contribution is 5.89. The monoisotopic (exact) mass is 377 g/mol. The van der Waals surface area contributed by atoms with Crippen molar-refractivity contribution in [2.75, 3.05) is 25.0 Å². The predicted molar refractivity (Wildman–Crippen MR) is 110 cm³/mol. The molecule has 0 unspecified atom stereocenters. The third-order valence-corrected chi connectivity index (χ3v) is 6.02. The Balaban J connectivity index is 1.24. The van der Waals surface area contributed by atoms with Crippen LogP contribution < -0.4 is 10.6 Å². The fourth-order valence-electron chi connectivity index (χ4n) is 3.98. The number of hydrogen-bond donors (Lipinski definition) is 2. The second kappa shape index (κ2) is 8.05. The summed E-state index contributed by atoms with van der Waals surface area (Å²) in [5, 5.41) is 6.09. The predicted octanol–water partition coefficient (Wildman–Crippen LogP) is 3.78. The third-order valence-electron chi connectivity index (χ3n) is 6.02. The summed E-state index contributed by atoms with van der Waals surface area (Å²) in [6.07, 6.45) is 3.70. The number of hydrogen-bond acceptors (Lipinski definition) is 2. The van der Waals surface area contributed by atoms with Crippen LogP contribution in [-0.4, -0.2) is 36.5 Å². The number of para-hydroxylation sites is 1. The number of urea groups is 1. The molecule has 3 amide bonds. The summed E-state index contributed by atoms with van der Waals surface area (Å²) in [5.41, 5.74) is 2.25. The number of nitrogens with one attached hydrogen (secondary N) is 2. The lowest BCUT2D eigenvalue weighted by atomic mass is 9.93. The molecule has 1 saturated heterocycles. The molecule has 0 spiro atoms. The van der Waals surface area contributed by atoms with E-state index in [0.717, 1.165) is 18.5 Å². The van der Waals surface area contributed by atoms with Crippen molar-refractivity contribution in [1.29, 1.82) is 0 Å². The SMILES string of the molecule is O=C(NCC1(c2ccccc2)CC1)C1CCN(C(=O)Nc2ccccc2)CC1. The van der Waals surface area contributed by atoms with Crippen LogP contribution in [0.4, 0.5) is 10.5 Å². The van der Waals surface area contributed by atoms with Crippen molar-refractivity contribution in [2.24, 2.45) is 5.92 Å². The van der Waals surface area contributed by atoms with Crippen molar-refractivity contribution in [3.05, 3.63) is 66.2 Å². The van der Waals surface area contributed by atoms with Crippen molar-refractivity contribution in [2.45, 2.75) is 31.1 Å². The molecule has 0 bridgehead atoms. The van der Waals surface area contributed by atoms with Gasteiger partial charge in [-0.2, -0.15) is 0 Å². The zero-order valence-electron chi connectivity index (χ0n) is 16.1. The molecule has 2 aliphatic rings. The van der Waals surface area contributed by atoms with E-state index in [1.807, 2.05) is 36.4 Å². The van der Waals surface area contributed by atoms with Crippen LogP contribution >= 0.6 is 0 Å². The second-order valence-corrected chi connectivity index (χ2v) is 7.92. The van der Waals surface area contributed by atoms with Crippen molar-refractivity contribution in [3.8, 4) is 0 Å². The quantitative estimate of drug-likeness (QED) is 0.833. The zero-order chi connectivity index (χ0) is 19.4. The van der Waals surface area contributed by atoms with Crippen LogP contribution in [0.5, 0.6) is 0 Å². The van der Waals surface area contributed by atoms with E-state index in [1.54, 1.807) is 4.90 Å². The molecular weight excluding hydrogens is 350 g/mol. The minimum absolute atomic E-state index is 0.00708. The first-order valence-corrected chi connectivity index (χ1v) is 10.1. The first-order chi connectivity index (χ1) is 13.7. The second-order valence-electron chi connectivity index (χ2n) is 7.92. The molecule has 4 rings (SSSR count). The Labute approximate surface area is 166 Å². The number of anilines is 1. The molecule has 0 aromatic heterocycles. The summed E-state index contributed by atoms with van der Waals surface area (Å²) in [6.45, 7) is 1.94. The molecule has 2 N–H and O–H groups in total. The van der Waals surface area contributed by atoms with Crippen molar-refractivity contribution in [3.63, 3.8) is 0 Å². The zero-order valence-corrected chi connectivity index (χ0v) is 16.1. The maximum Gasteiger partial charge on any atom is 0.321 e. The fraction of sp³-hybridized carbons (Fsp3) is 0.391. The Morgan fingerprint density at radius 2 is 1.54 bits per heavy atom. The first-order valence-electron chi connectivity index (χ1n) is 10.1. The van der Waals surface area contributed by atoms with E-state index in [0.29, 0.717) is 32.5 Å². The number of carbonyl (C=O) groups excluding carboxylic acids is 2. The molecule has 1 saturated carbocycles. The van der Waals surface area contributed by atoms with Gasteiger partial charge >= 0.3 is 6.03 Å². The van der Waals surface area contributed by atoms with Gasteiger partial charge in [-0.05, 0) is 43.4 Å². The molecule has 0 atom stereocenters. The van der Waals surface area contributed by atoms with Crippen molar-refractivity contribution in [1.82, 2.24) is 10.2 Å². The van der Waals surface area contributed by atoms with Crippen LogP contribution in [0, 0.1) is 5.92 Å². The topological polar surface area (TPSA) is 61.4 Å². The summed E-state index contributed by atoms with van der Waals surface area (Å²) in [4.78, 5) is 26.8. The minimum atomic E-state index is -0.0916. The van der Waals surface area contributed by atoms with Crippen LogP contribution in [0.2, 0.25) is 0 Å². The maximum absolute atomic E-state index is 12.6. The normalized spacial score (nSPS) is 18.4. The minimum Gasteiger partial charge on any atom is -0.355 e. The molecule has 28 heavy (non-hydrogen) atoms. The number of rotatable bonds is 5. The average Bonchev–Trinajstić information content (AvgIpc) is 3.55. The van der Waals surface area contributed by atoms with Gasteiger partial charge in [-0.1, -0.05) is 48.5 Å². The van der Waals surface area contributed by atoms with Crippen LogP contribution in [0.3, 0.4) is 0 Å². The summed E-state index contributed by atoms with van der Waals surface area (Å²) in [5.74, 6) is 0.123. The van der Waals surface area contributed by atoms with Gasteiger partial charge in [-0.25, -0.2) is 4.79 Å². The maximum atomic E-state index is 12.6. The molecule has 146 valence electrons. The lowest BCUT2D eigenvalue weighted by Crippen LogP contribution is -2.45. The van der Waals surface area contributed by atoms with Gasteiger partial charge in [0.2, 0.25) is 5.91 Å². The largest absolute Gasteiger partial charge is 0.355 e. The lowest BCUT2D eigenvalue weighted by Gasteiger charge is -2.31. The van der Waals surface area contributed by atoms with Gasteiger partial charge < -0.3 is 15.5 Å². The summed E-state index contributed by atoms with van der Waals surface area (Å²) in [6, 6.07) is 19.8. The van der Waals surface area contributed by atoms with E-state index in [9.17, 15) is 9.59 Å². The van der Waals surface area contributed by atoms with Crippen molar-refractivity contribution < 1.29 is 9.59 Å². The number of piperidine rings is 1. The lowest BCUT2D eigenvalue weighted by molar-refractivity contribution is -0.126.